The van der Waals surface area contributed by atoms with Gasteiger partial charge in [-0.25, -0.2) is 4.98 Å². The Kier molecular flexibility index (Phi) is 9.22. The van der Waals surface area contributed by atoms with Crippen LogP contribution < -0.4 is 19.1 Å². The normalized spacial score (nSPS) is 16.3. The monoisotopic (exact) mass is 620 g/mol. The number of rotatable bonds is 11. The van der Waals surface area contributed by atoms with Gasteiger partial charge in [-0.3, -0.25) is 14.5 Å². The highest BCUT2D eigenvalue weighted by Crippen LogP contribution is 2.46. The van der Waals surface area contributed by atoms with E-state index in [9.17, 15) is 14.7 Å². The van der Waals surface area contributed by atoms with E-state index in [2.05, 4.69) is 18.8 Å². The van der Waals surface area contributed by atoms with Gasteiger partial charge in [0.05, 0.1) is 42.2 Å². The van der Waals surface area contributed by atoms with Crippen molar-refractivity contribution in [2.24, 2.45) is 5.92 Å². The molecule has 10 heteroatoms. The SMILES string of the molecule is CCCOc1cccc(/C(O)=C2\C(=O)C(=O)N(c3nc4ccc(Cl)cc4s3)C2c2ccc(OCCC(C)C)c(OC)c2)c1. The number of carbonyl (C=O) groups excluding carboxylic acids is 2. The van der Waals surface area contributed by atoms with E-state index in [1.165, 1.54) is 23.3 Å². The highest BCUT2D eigenvalue weighted by atomic mass is 35.5. The zero-order chi connectivity index (χ0) is 30.7. The Bertz CT molecular complexity index is 1700. The largest absolute Gasteiger partial charge is 0.507 e. The smallest absolute Gasteiger partial charge is 0.301 e. The number of aliphatic hydroxyl groups excluding tert-OH is 1. The number of halogens is 1. The van der Waals surface area contributed by atoms with Crippen molar-refractivity contribution in [3.63, 3.8) is 0 Å². The van der Waals surface area contributed by atoms with Gasteiger partial charge in [-0.1, -0.05) is 61.9 Å². The molecule has 1 unspecified atom stereocenters. The van der Waals surface area contributed by atoms with Gasteiger partial charge in [0.2, 0.25) is 0 Å². The van der Waals surface area contributed by atoms with Crippen molar-refractivity contribution in [1.82, 2.24) is 4.98 Å². The van der Waals surface area contributed by atoms with Crippen LogP contribution in [0.1, 0.15) is 50.8 Å². The van der Waals surface area contributed by atoms with E-state index in [1.54, 1.807) is 60.7 Å². The highest BCUT2D eigenvalue weighted by molar-refractivity contribution is 7.22. The third kappa shape index (κ3) is 6.33. The fourth-order valence-corrected chi connectivity index (χ4v) is 6.09. The molecule has 1 aliphatic rings. The Balaban J connectivity index is 1.65. The maximum absolute atomic E-state index is 13.7. The lowest BCUT2D eigenvalue weighted by Crippen LogP contribution is -2.29. The Morgan fingerprint density at radius 3 is 2.60 bits per heavy atom. The van der Waals surface area contributed by atoms with Crippen LogP contribution in [0.25, 0.3) is 16.0 Å². The first kappa shape index (κ1) is 30.4. The summed E-state index contributed by atoms with van der Waals surface area (Å²) >= 11 is 7.45. The fourth-order valence-electron chi connectivity index (χ4n) is 4.82. The summed E-state index contributed by atoms with van der Waals surface area (Å²) < 4.78 is 18.1. The van der Waals surface area contributed by atoms with Crippen LogP contribution >= 0.6 is 22.9 Å². The molecule has 1 saturated heterocycles. The van der Waals surface area contributed by atoms with Crippen LogP contribution in [-0.2, 0) is 9.59 Å². The molecule has 2 heterocycles. The second kappa shape index (κ2) is 13.1. The number of anilines is 1. The molecule has 8 nitrogen and oxygen atoms in total. The number of aromatic nitrogens is 1. The zero-order valence-corrected chi connectivity index (χ0v) is 26.0. The number of aliphatic hydroxyl groups is 1. The number of thiazole rings is 1. The number of ether oxygens (including phenoxy) is 3. The topological polar surface area (TPSA) is 98.2 Å². The van der Waals surface area contributed by atoms with Crippen LogP contribution in [0.15, 0.2) is 66.2 Å². The summed E-state index contributed by atoms with van der Waals surface area (Å²) in [4.78, 5) is 33.4. The van der Waals surface area contributed by atoms with Crippen LogP contribution in [0.2, 0.25) is 5.02 Å². The second-order valence-electron chi connectivity index (χ2n) is 10.6. The lowest BCUT2D eigenvalue weighted by atomic mass is 9.95. The molecule has 224 valence electrons. The number of carbonyl (C=O) groups is 2. The number of benzene rings is 3. The van der Waals surface area contributed by atoms with Crippen LogP contribution in [0.3, 0.4) is 0 Å². The second-order valence-corrected chi connectivity index (χ2v) is 12.0. The number of nitrogens with zero attached hydrogens (tertiary/aromatic N) is 2. The van der Waals surface area contributed by atoms with Crippen molar-refractivity contribution in [3.05, 3.63) is 82.4 Å². The van der Waals surface area contributed by atoms with E-state index in [-0.39, 0.29) is 11.3 Å². The van der Waals surface area contributed by atoms with Crippen molar-refractivity contribution in [3.8, 4) is 17.2 Å². The first-order chi connectivity index (χ1) is 20.7. The van der Waals surface area contributed by atoms with E-state index in [4.69, 9.17) is 25.8 Å². The Morgan fingerprint density at radius 2 is 1.86 bits per heavy atom. The molecule has 1 aromatic heterocycles. The Labute approximate surface area is 259 Å². The summed E-state index contributed by atoms with van der Waals surface area (Å²) in [6.45, 7) is 7.25. The van der Waals surface area contributed by atoms with Crippen molar-refractivity contribution in [2.75, 3.05) is 25.2 Å². The first-order valence-corrected chi connectivity index (χ1v) is 15.3. The summed E-state index contributed by atoms with van der Waals surface area (Å²) in [5.41, 5.74) is 1.47. The van der Waals surface area contributed by atoms with Gasteiger partial charge < -0.3 is 19.3 Å². The molecule has 0 radical (unpaired) electrons. The van der Waals surface area contributed by atoms with Gasteiger partial charge >= 0.3 is 5.91 Å². The molecule has 43 heavy (non-hydrogen) atoms. The van der Waals surface area contributed by atoms with E-state index in [1.807, 2.05) is 6.92 Å². The number of fused-ring (bicyclic) bond motifs is 1. The Morgan fingerprint density at radius 1 is 1.05 bits per heavy atom. The van der Waals surface area contributed by atoms with Gasteiger partial charge in [-0.15, -0.1) is 0 Å². The van der Waals surface area contributed by atoms with Gasteiger partial charge in [0, 0.05) is 10.6 Å². The summed E-state index contributed by atoms with van der Waals surface area (Å²) in [6, 6.07) is 16.3. The third-order valence-corrected chi connectivity index (χ3v) is 8.28. The van der Waals surface area contributed by atoms with E-state index < -0.39 is 17.7 Å². The Hall–Kier alpha value is -4.08. The molecule has 1 N–H and O–H groups in total. The lowest BCUT2D eigenvalue weighted by Gasteiger charge is -2.24. The molecule has 1 amide bonds. The van der Waals surface area contributed by atoms with Crippen molar-refractivity contribution in [2.45, 2.75) is 39.7 Å². The minimum atomic E-state index is -0.991. The molecule has 1 atom stereocenters. The number of amides is 1. The van der Waals surface area contributed by atoms with Crippen LogP contribution in [0, 0.1) is 5.92 Å². The minimum Gasteiger partial charge on any atom is -0.507 e. The van der Waals surface area contributed by atoms with Crippen molar-refractivity contribution in [1.29, 1.82) is 0 Å². The van der Waals surface area contributed by atoms with Crippen molar-refractivity contribution < 1.29 is 28.9 Å². The van der Waals surface area contributed by atoms with E-state index >= 15 is 0 Å². The molecular formula is C33H33ClN2O6S. The molecule has 1 fully saturated rings. The molecule has 0 spiro atoms. The average Bonchev–Trinajstić information content (AvgIpc) is 3.53. The molecular weight excluding hydrogens is 588 g/mol. The number of methoxy groups -OCH3 is 1. The molecule has 1 aliphatic heterocycles. The predicted molar refractivity (Wildman–Crippen MR) is 170 cm³/mol. The standard InChI is InChI=1S/C33H33ClN2O6S/c1-5-14-41-23-8-6-7-21(16-23)30(37)28-29(20-9-12-25(26(17-20)40-4)42-15-13-19(2)3)36(32(39)31(28)38)33-35-24-11-10-22(34)18-27(24)43-33/h6-12,16-19,29,37H,5,13-15H2,1-4H3/b30-28+. The molecule has 4 aromatic rings. The predicted octanol–water partition coefficient (Wildman–Crippen LogP) is 7.80. The molecule has 0 bridgehead atoms. The van der Waals surface area contributed by atoms with E-state index in [0.29, 0.717) is 63.2 Å². The van der Waals surface area contributed by atoms with Crippen LogP contribution in [-0.4, -0.2) is 42.1 Å². The maximum atomic E-state index is 13.7. The molecule has 3 aromatic carbocycles. The quantitative estimate of drug-likeness (QED) is 0.104. The third-order valence-electron chi connectivity index (χ3n) is 7.03. The number of ketones is 1. The summed E-state index contributed by atoms with van der Waals surface area (Å²) in [6.07, 6.45) is 1.68. The molecule has 5 rings (SSSR count). The lowest BCUT2D eigenvalue weighted by molar-refractivity contribution is -0.132. The summed E-state index contributed by atoms with van der Waals surface area (Å²) in [7, 11) is 1.53. The van der Waals surface area contributed by atoms with E-state index in [0.717, 1.165) is 17.5 Å². The average molecular weight is 621 g/mol. The van der Waals surface area contributed by atoms with Gasteiger partial charge in [0.15, 0.2) is 16.6 Å². The van der Waals surface area contributed by atoms with Crippen molar-refractivity contribution >= 4 is 55.7 Å². The number of hydrogen-bond acceptors (Lipinski definition) is 8. The van der Waals surface area contributed by atoms with Gasteiger partial charge in [-0.2, -0.15) is 0 Å². The van der Waals surface area contributed by atoms with Crippen LogP contribution in [0.5, 0.6) is 17.2 Å². The molecule has 0 saturated carbocycles. The summed E-state index contributed by atoms with van der Waals surface area (Å²) in [5.74, 6) is 0.0661. The van der Waals surface area contributed by atoms with Gasteiger partial charge in [-0.05, 0) is 66.8 Å². The van der Waals surface area contributed by atoms with Gasteiger partial charge in [0.1, 0.15) is 11.5 Å². The maximum Gasteiger partial charge on any atom is 0.301 e. The summed E-state index contributed by atoms with van der Waals surface area (Å²) in [5, 5.41) is 12.5. The number of Topliss-reactive ketones (excluding diaryl/α,β-unsaturated/α-hetero) is 1. The zero-order valence-electron chi connectivity index (χ0n) is 24.4. The highest BCUT2D eigenvalue weighted by Gasteiger charge is 2.48. The fraction of sp³-hybridized carbons (Fsp3) is 0.303. The first-order valence-electron chi connectivity index (χ1n) is 14.1. The van der Waals surface area contributed by atoms with Gasteiger partial charge in [0.25, 0.3) is 5.78 Å². The minimum absolute atomic E-state index is 0.0644. The number of hydrogen-bond donors (Lipinski definition) is 1. The van der Waals surface area contributed by atoms with Crippen LogP contribution in [0.4, 0.5) is 5.13 Å². The molecule has 0 aliphatic carbocycles.